The second-order valence-electron chi connectivity index (χ2n) is 4.45. The Morgan fingerprint density at radius 3 is 2.25 bits per heavy atom. The van der Waals surface area contributed by atoms with Gasteiger partial charge in [0.05, 0.1) is 0 Å². The number of nitrogens with one attached hydrogen (secondary N) is 2. The monoisotopic (exact) mass is 268 g/mol. The quantitative estimate of drug-likeness (QED) is 0.257. The predicted molar refractivity (Wildman–Crippen MR) is 84.5 cm³/mol. The van der Waals surface area contributed by atoms with Gasteiger partial charge >= 0.3 is 0 Å². The normalized spacial score (nSPS) is 11.2. The van der Waals surface area contributed by atoms with E-state index in [-0.39, 0.29) is 0 Å². The van der Waals surface area contributed by atoms with E-state index in [0.717, 1.165) is 25.1 Å². The molecular formula is C16H20N4. The number of hydrazine groups is 1. The van der Waals surface area contributed by atoms with Gasteiger partial charge < -0.3 is 5.32 Å². The van der Waals surface area contributed by atoms with Crippen LogP contribution in [0.25, 0.3) is 0 Å². The number of aryl methyl sites for hydroxylation is 1. The summed E-state index contributed by atoms with van der Waals surface area (Å²) in [5.41, 5.74) is 4.89. The summed E-state index contributed by atoms with van der Waals surface area (Å²) in [6.07, 6.45) is 2.01. The molecule has 0 fully saturated rings. The molecule has 4 N–H and O–H groups in total. The highest BCUT2D eigenvalue weighted by Gasteiger charge is 1.97. The molecule has 0 amide bonds. The third-order valence-electron chi connectivity index (χ3n) is 2.91. The lowest BCUT2D eigenvalue weighted by Gasteiger charge is -2.08. The zero-order chi connectivity index (χ0) is 14.0. The van der Waals surface area contributed by atoms with E-state index in [2.05, 4.69) is 40.0 Å². The van der Waals surface area contributed by atoms with Crippen LogP contribution in [0.2, 0.25) is 0 Å². The Balaban J connectivity index is 1.79. The Kier molecular flexibility index (Phi) is 5.61. The Labute approximate surface area is 119 Å². The number of guanidine groups is 1. The van der Waals surface area contributed by atoms with Gasteiger partial charge in [0, 0.05) is 12.2 Å². The van der Waals surface area contributed by atoms with E-state index in [9.17, 15) is 0 Å². The van der Waals surface area contributed by atoms with Crippen LogP contribution in [0.5, 0.6) is 0 Å². The molecule has 0 aliphatic rings. The summed E-state index contributed by atoms with van der Waals surface area (Å²) in [5, 5.41) is 3.14. The largest absolute Gasteiger partial charge is 0.325 e. The number of rotatable bonds is 5. The van der Waals surface area contributed by atoms with Gasteiger partial charge in [0.1, 0.15) is 0 Å². The highest BCUT2D eigenvalue weighted by Crippen LogP contribution is 2.05. The van der Waals surface area contributed by atoms with Crippen molar-refractivity contribution in [3.8, 4) is 0 Å². The first-order chi connectivity index (χ1) is 9.88. The first-order valence-electron chi connectivity index (χ1n) is 6.75. The fourth-order valence-electron chi connectivity index (χ4n) is 1.90. The number of hydrogen-bond donors (Lipinski definition) is 3. The number of benzene rings is 2. The van der Waals surface area contributed by atoms with E-state index in [0.29, 0.717) is 5.96 Å². The minimum absolute atomic E-state index is 0.587. The molecule has 4 heteroatoms. The maximum Gasteiger partial charge on any atom is 0.210 e. The van der Waals surface area contributed by atoms with Crippen molar-refractivity contribution in [1.82, 2.24) is 5.43 Å². The maximum absolute atomic E-state index is 5.47. The van der Waals surface area contributed by atoms with Crippen LogP contribution in [0.4, 0.5) is 5.69 Å². The van der Waals surface area contributed by atoms with E-state index in [1.165, 1.54) is 5.56 Å². The molecule has 0 heterocycles. The summed E-state index contributed by atoms with van der Waals surface area (Å²) in [6.45, 7) is 0.730. The van der Waals surface area contributed by atoms with Crippen LogP contribution in [0.1, 0.15) is 12.0 Å². The molecule has 0 aliphatic carbocycles. The zero-order valence-corrected chi connectivity index (χ0v) is 11.4. The minimum Gasteiger partial charge on any atom is -0.325 e. The summed E-state index contributed by atoms with van der Waals surface area (Å²) in [5.74, 6) is 6.06. The van der Waals surface area contributed by atoms with Crippen molar-refractivity contribution in [1.29, 1.82) is 0 Å². The molecule has 2 aromatic rings. The van der Waals surface area contributed by atoms with Gasteiger partial charge in [-0.15, -0.1) is 0 Å². The molecule has 2 aromatic carbocycles. The Morgan fingerprint density at radius 2 is 1.60 bits per heavy atom. The van der Waals surface area contributed by atoms with Gasteiger partial charge in [-0.05, 0) is 30.5 Å². The van der Waals surface area contributed by atoms with Gasteiger partial charge in [-0.3, -0.25) is 10.4 Å². The van der Waals surface area contributed by atoms with E-state index >= 15 is 0 Å². The lowest BCUT2D eigenvalue weighted by molar-refractivity contribution is 0.824. The topological polar surface area (TPSA) is 62.4 Å². The first kappa shape index (κ1) is 14.1. The molecule has 2 rings (SSSR count). The molecule has 0 unspecified atom stereocenters. The number of anilines is 1. The summed E-state index contributed by atoms with van der Waals surface area (Å²) in [6, 6.07) is 20.2. The fraction of sp³-hybridized carbons (Fsp3) is 0.188. The average molecular weight is 268 g/mol. The van der Waals surface area contributed by atoms with E-state index in [4.69, 9.17) is 5.84 Å². The predicted octanol–water partition coefficient (Wildman–Crippen LogP) is 2.55. The number of nitrogens with two attached hydrogens (primary N) is 1. The van der Waals surface area contributed by atoms with Gasteiger partial charge in [0.25, 0.3) is 0 Å². The second kappa shape index (κ2) is 7.96. The number of para-hydroxylation sites is 1. The SMILES string of the molecule is NNC(=NCCCc1ccccc1)Nc1ccccc1. The molecule has 0 saturated carbocycles. The van der Waals surface area contributed by atoms with Crippen LogP contribution < -0.4 is 16.6 Å². The second-order valence-corrected chi connectivity index (χ2v) is 4.45. The molecule has 4 nitrogen and oxygen atoms in total. The van der Waals surface area contributed by atoms with Crippen molar-refractivity contribution in [2.75, 3.05) is 11.9 Å². The molecule has 0 aliphatic heterocycles. The molecule has 0 radical (unpaired) electrons. The minimum atomic E-state index is 0.587. The van der Waals surface area contributed by atoms with Crippen molar-refractivity contribution in [2.24, 2.45) is 10.8 Å². The summed E-state index contributed by atoms with van der Waals surface area (Å²) in [7, 11) is 0. The van der Waals surface area contributed by atoms with Crippen LogP contribution >= 0.6 is 0 Å². The molecule has 0 atom stereocenters. The standard InChI is InChI=1S/C16H20N4/c17-20-16(19-15-11-5-2-6-12-15)18-13-7-10-14-8-3-1-4-9-14/h1-6,8-9,11-12H,7,10,13,17H2,(H2,18,19,20). The van der Waals surface area contributed by atoms with Gasteiger partial charge in [0.2, 0.25) is 5.96 Å². The summed E-state index contributed by atoms with van der Waals surface area (Å²) < 4.78 is 0. The zero-order valence-electron chi connectivity index (χ0n) is 11.4. The van der Waals surface area contributed by atoms with E-state index in [1.54, 1.807) is 0 Å². The van der Waals surface area contributed by atoms with Crippen LogP contribution in [0, 0.1) is 0 Å². The van der Waals surface area contributed by atoms with Gasteiger partial charge in [0.15, 0.2) is 0 Å². The number of nitrogens with zero attached hydrogens (tertiary/aromatic N) is 1. The van der Waals surface area contributed by atoms with Gasteiger partial charge in [-0.2, -0.15) is 0 Å². The number of aliphatic imine (C=N–C) groups is 1. The Morgan fingerprint density at radius 1 is 0.950 bits per heavy atom. The number of hydrogen-bond acceptors (Lipinski definition) is 2. The Hall–Kier alpha value is -2.33. The average Bonchev–Trinajstić information content (AvgIpc) is 2.52. The smallest absolute Gasteiger partial charge is 0.210 e. The maximum atomic E-state index is 5.47. The summed E-state index contributed by atoms with van der Waals surface area (Å²) in [4.78, 5) is 4.42. The van der Waals surface area contributed by atoms with Crippen LogP contribution in [0.15, 0.2) is 65.7 Å². The third-order valence-corrected chi connectivity index (χ3v) is 2.91. The third kappa shape index (κ3) is 4.74. The van der Waals surface area contributed by atoms with Crippen LogP contribution in [-0.2, 0) is 6.42 Å². The van der Waals surface area contributed by atoms with Crippen LogP contribution in [-0.4, -0.2) is 12.5 Å². The van der Waals surface area contributed by atoms with Crippen molar-refractivity contribution in [3.63, 3.8) is 0 Å². The highest BCUT2D eigenvalue weighted by molar-refractivity contribution is 5.93. The molecule has 0 bridgehead atoms. The lowest BCUT2D eigenvalue weighted by atomic mass is 10.1. The first-order valence-corrected chi connectivity index (χ1v) is 6.75. The summed E-state index contributed by atoms with van der Waals surface area (Å²) >= 11 is 0. The van der Waals surface area contributed by atoms with Crippen LogP contribution in [0.3, 0.4) is 0 Å². The molecular weight excluding hydrogens is 248 g/mol. The van der Waals surface area contributed by atoms with E-state index in [1.807, 2.05) is 36.4 Å². The molecule has 0 saturated heterocycles. The van der Waals surface area contributed by atoms with Crippen molar-refractivity contribution in [2.45, 2.75) is 12.8 Å². The molecule has 0 spiro atoms. The molecule has 0 aromatic heterocycles. The van der Waals surface area contributed by atoms with Crippen molar-refractivity contribution >= 4 is 11.6 Å². The fourth-order valence-corrected chi connectivity index (χ4v) is 1.90. The lowest BCUT2D eigenvalue weighted by Crippen LogP contribution is -2.36. The molecule has 104 valence electrons. The molecule has 20 heavy (non-hydrogen) atoms. The van der Waals surface area contributed by atoms with Crippen molar-refractivity contribution in [3.05, 3.63) is 66.2 Å². The van der Waals surface area contributed by atoms with Crippen molar-refractivity contribution < 1.29 is 0 Å². The Bertz CT molecular complexity index is 523. The van der Waals surface area contributed by atoms with Gasteiger partial charge in [-0.1, -0.05) is 48.5 Å². The van der Waals surface area contributed by atoms with E-state index < -0.39 is 0 Å². The highest BCUT2D eigenvalue weighted by atomic mass is 15.3. The van der Waals surface area contributed by atoms with Gasteiger partial charge in [-0.25, -0.2) is 5.84 Å².